The maximum absolute atomic E-state index is 5.40. The average Bonchev–Trinajstić information content (AvgIpc) is 2.88. The maximum Gasteiger partial charge on any atom is 0.293 e. The molecule has 4 N–H and O–H groups in total. The Morgan fingerprint density at radius 3 is 1.71 bits per heavy atom. The number of hydrogen-bond acceptors (Lipinski definition) is 6. The van der Waals surface area contributed by atoms with Crippen molar-refractivity contribution in [2.45, 2.75) is 32.4 Å². The molecule has 0 aliphatic heterocycles. The Morgan fingerprint density at radius 2 is 1.35 bits per heavy atom. The Balaban J connectivity index is 1.60. The SMILES string of the molecule is Nc1c[n+](CCCCC[n+]2cc(N)on2)no1. The molecule has 0 saturated carbocycles. The number of aryl methyl sites for hydroxylation is 2. The van der Waals surface area contributed by atoms with E-state index < -0.39 is 0 Å². The van der Waals surface area contributed by atoms with Gasteiger partial charge in [-0.2, -0.15) is 0 Å². The number of aromatic nitrogens is 4. The zero-order valence-corrected chi connectivity index (χ0v) is 9.45. The van der Waals surface area contributed by atoms with Gasteiger partial charge in [-0.05, 0) is 6.42 Å². The van der Waals surface area contributed by atoms with Crippen LogP contribution in [0.15, 0.2) is 21.4 Å². The first-order valence-electron chi connectivity index (χ1n) is 5.48. The zero-order valence-electron chi connectivity index (χ0n) is 9.45. The van der Waals surface area contributed by atoms with Crippen LogP contribution in [0.1, 0.15) is 19.3 Å². The predicted molar refractivity (Wildman–Crippen MR) is 56.1 cm³/mol. The smallest absolute Gasteiger partial charge is 0.293 e. The molecule has 0 saturated heterocycles. The summed E-state index contributed by atoms with van der Waals surface area (Å²) in [6.07, 6.45) is 6.41. The van der Waals surface area contributed by atoms with E-state index in [-0.39, 0.29) is 0 Å². The van der Waals surface area contributed by atoms with Crippen molar-refractivity contribution in [3.63, 3.8) is 0 Å². The van der Waals surface area contributed by atoms with Gasteiger partial charge in [-0.3, -0.25) is 9.05 Å². The summed E-state index contributed by atoms with van der Waals surface area (Å²) in [5.41, 5.74) is 10.8. The molecule has 0 atom stereocenters. The lowest BCUT2D eigenvalue weighted by Crippen LogP contribution is -2.36. The summed E-state index contributed by atoms with van der Waals surface area (Å²) < 4.78 is 12.9. The number of nitrogens with two attached hydrogens (primary N) is 2. The van der Waals surface area contributed by atoms with Gasteiger partial charge in [0.1, 0.15) is 0 Å². The summed E-state index contributed by atoms with van der Waals surface area (Å²) >= 11 is 0. The number of anilines is 2. The molecule has 8 nitrogen and oxygen atoms in total. The second-order valence-corrected chi connectivity index (χ2v) is 3.80. The third kappa shape index (κ3) is 3.44. The Morgan fingerprint density at radius 1 is 0.882 bits per heavy atom. The third-order valence-corrected chi connectivity index (χ3v) is 2.33. The Bertz CT molecular complexity index is 423. The van der Waals surface area contributed by atoms with E-state index in [2.05, 4.69) is 10.5 Å². The summed E-state index contributed by atoms with van der Waals surface area (Å²) in [6.45, 7) is 1.60. The lowest BCUT2D eigenvalue weighted by Gasteiger charge is -1.90. The van der Waals surface area contributed by atoms with Gasteiger partial charge in [0.2, 0.25) is 10.5 Å². The van der Waals surface area contributed by atoms with E-state index >= 15 is 0 Å². The first kappa shape index (κ1) is 11.4. The molecule has 0 bridgehead atoms. The van der Waals surface area contributed by atoms with Crippen molar-refractivity contribution in [3.05, 3.63) is 12.4 Å². The fraction of sp³-hybridized carbons (Fsp3) is 0.556. The standard InChI is InChI=1S/C9H16N6O2/c10-8-6-14(12-16-8)4-2-1-3-5-15-7-9(11)17-13-15/h6-7H,1-5,10-11H2/q+2. The van der Waals surface area contributed by atoms with E-state index in [4.69, 9.17) is 20.5 Å². The van der Waals surface area contributed by atoms with Gasteiger partial charge in [0.15, 0.2) is 13.1 Å². The van der Waals surface area contributed by atoms with Crippen molar-refractivity contribution in [2.24, 2.45) is 0 Å². The van der Waals surface area contributed by atoms with Crippen LogP contribution in [0.25, 0.3) is 0 Å². The molecule has 2 rings (SSSR count). The van der Waals surface area contributed by atoms with Crippen molar-refractivity contribution < 1.29 is 18.4 Å². The summed E-state index contributed by atoms with van der Waals surface area (Å²) in [6, 6.07) is 0. The molecule has 2 aromatic rings. The van der Waals surface area contributed by atoms with Crippen LogP contribution in [-0.2, 0) is 13.1 Å². The molecule has 92 valence electrons. The molecule has 0 aromatic carbocycles. The number of rotatable bonds is 6. The van der Waals surface area contributed by atoms with Gasteiger partial charge in [0, 0.05) is 12.8 Å². The number of unbranched alkanes of at least 4 members (excludes halogenated alkanes) is 2. The molecular weight excluding hydrogens is 224 g/mol. The van der Waals surface area contributed by atoms with E-state index in [1.165, 1.54) is 0 Å². The lowest BCUT2D eigenvalue weighted by atomic mass is 10.2. The summed E-state index contributed by atoms with van der Waals surface area (Å²) in [4.78, 5) is 0. The lowest BCUT2D eigenvalue weighted by molar-refractivity contribution is -0.765. The van der Waals surface area contributed by atoms with Gasteiger partial charge in [-0.1, -0.05) is 9.36 Å². The molecule has 2 heterocycles. The van der Waals surface area contributed by atoms with Crippen LogP contribution in [0.3, 0.4) is 0 Å². The Kier molecular flexibility index (Phi) is 3.53. The molecule has 0 aliphatic carbocycles. The van der Waals surface area contributed by atoms with E-state index in [0.29, 0.717) is 11.8 Å². The van der Waals surface area contributed by atoms with Gasteiger partial charge in [-0.25, -0.2) is 0 Å². The largest absolute Gasteiger partial charge is 0.362 e. The molecule has 8 heteroatoms. The summed E-state index contributed by atoms with van der Waals surface area (Å²) in [7, 11) is 0. The Hall–Kier alpha value is -2.12. The van der Waals surface area contributed by atoms with Crippen LogP contribution in [0, 0.1) is 0 Å². The number of nitrogen functional groups attached to an aromatic ring is 2. The van der Waals surface area contributed by atoms with Crippen LogP contribution in [0.4, 0.5) is 11.8 Å². The van der Waals surface area contributed by atoms with Crippen LogP contribution in [-0.4, -0.2) is 10.5 Å². The second-order valence-electron chi connectivity index (χ2n) is 3.80. The first-order valence-corrected chi connectivity index (χ1v) is 5.48. The van der Waals surface area contributed by atoms with Crippen molar-refractivity contribution in [2.75, 3.05) is 11.5 Å². The fourth-order valence-electron chi connectivity index (χ4n) is 1.52. The molecular formula is C9H16N6O2+2. The van der Waals surface area contributed by atoms with Crippen LogP contribution >= 0.6 is 0 Å². The predicted octanol–water partition coefficient (Wildman–Crippen LogP) is -0.727. The van der Waals surface area contributed by atoms with Gasteiger partial charge in [-0.15, -0.1) is 0 Å². The van der Waals surface area contributed by atoms with Gasteiger partial charge in [0.25, 0.3) is 24.2 Å². The van der Waals surface area contributed by atoms with Crippen LogP contribution < -0.4 is 20.8 Å². The van der Waals surface area contributed by atoms with E-state index in [1.54, 1.807) is 21.8 Å². The highest BCUT2D eigenvalue weighted by Gasteiger charge is 2.10. The van der Waals surface area contributed by atoms with Crippen LogP contribution in [0.5, 0.6) is 0 Å². The zero-order chi connectivity index (χ0) is 12.1. The maximum atomic E-state index is 5.40. The number of nitrogens with zero attached hydrogens (tertiary/aromatic N) is 4. The first-order chi connectivity index (χ1) is 8.24. The van der Waals surface area contributed by atoms with Gasteiger partial charge < -0.3 is 11.5 Å². The topological polar surface area (TPSA) is 112 Å². The van der Waals surface area contributed by atoms with E-state index in [0.717, 1.165) is 32.4 Å². The van der Waals surface area contributed by atoms with Gasteiger partial charge >= 0.3 is 0 Å². The highest BCUT2D eigenvalue weighted by Crippen LogP contribution is 1.97. The highest BCUT2D eigenvalue weighted by molar-refractivity contribution is 5.11. The molecule has 2 aromatic heterocycles. The third-order valence-electron chi connectivity index (χ3n) is 2.33. The normalized spacial score (nSPS) is 10.8. The van der Waals surface area contributed by atoms with E-state index in [9.17, 15) is 0 Å². The van der Waals surface area contributed by atoms with Crippen molar-refractivity contribution in [1.29, 1.82) is 0 Å². The van der Waals surface area contributed by atoms with Crippen molar-refractivity contribution >= 4 is 11.8 Å². The quantitative estimate of drug-likeness (QED) is 0.508. The second kappa shape index (κ2) is 5.28. The molecule has 0 unspecified atom stereocenters. The molecule has 0 radical (unpaired) electrons. The molecule has 0 amide bonds. The van der Waals surface area contributed by atoms with Crippen LogP contribution in [0.2, 0.25) is 0 Å². The van der Waals surface area contributed by atoms with Gasteiger partial charge in [0.05, 0.1) is 0 Å². The average molecular weight is 240 g/mol. The monoisotopic (exact) mass is 240 g/mol. The van der Waals surface area contributed by atoms with Crippen molar-refractivity contribution in [1.82, 2.24) is 10.5 Å². The summed E-state index contributed by atoms with van der Waals surface area (Å²) in [5.74, 6) is 0.664. The minimum atomic E-state index is 0.332. The molecule has 0 fully saturated rings. The highest BCUT2D eigenvalue weighted by atomic mass is 16.5. The summed E-state index contributed by atoms with van der Waals surface area (Å²) in [5, 5.41) is 7.48. The molecule has 0 aliphatic rings. The Labute approximate surface area is 97.7 Å². The minimum Gasteiger partial charge on any atom is -0.362 e. The fourth-order valence-corrected chi connectivity index (χ4v) is 1.52. The minimum absolute atomic E-state index is 0.332. The molecule has 17 heavy (non-hydrogen) atoms. The molecule has 0 spiro atoms. The van der Waals surface area contributed by atoms with E-state index in [1.807, 2.05) is 0 Å². The number of hydrogen-bond donors (Lipinski definition) is 2. The van der Waals surface area contributed by atoms with Crippen molar-refractivity contribution in [3.8, 4) is 0 Å².